The van der Waals surface area contributed by atoms with Gasteiger partial charge in [0.2, 0.25) is 5.91 Å². The van der Waals surface area contributed by atoms with E-state index in [1.54, 1.807) is 12.1 Å². The highest BCUT2D eigenvalue weighted by atomic mass is 16.1. The van der Waals surface area contributed by atoms with Crippen LogP contribution in [0.15, 0.2) is 18.3 Å². The maximum Gasteiger partial charge on any atom is 0.225 e. The van der Waals surface area contributed by atoms with Crippen molar-refractivity contribution in [1.82, 2.24) is 4.98 Å². The summed E-state index contributed by atoms with van der Waals surface area (Å²) in [6, 6.07) is 3.42. The minimum Gasteiger partial charge on any atom is -0.397 e. The molecule has 0 spiro atoms. The summed E-state index contributed by atoms with van der Waals surface area (Å²) < 4.78 is 0. The van der Waals surface area contributed by atoms with E-state index in [1.165, 1.54) is 6.20 Å². The topological polar surface area (TPSA) is 68.0 Å². The summed E-state index contributed by atoms with van der Waals surface area (Å²) in [4.78, 5) is 15.4. The number of nitrogen functional groups attached to an aromatic ring is 1. The molecule has 1 rings (SSSR count). The van der Waals surface area contributed by atoms with Gasteiger partial charge in [0.15, 0.2) is 0 Å². The van der Waals surface area contributed by atoms with Gasteiger partial charge in [0.05, 0.1) is 11.9 Å². The number of aromatic nitrogens is 1. The largest absolute Gasteiger partial charge is 0.397 e. The first-order chi connectivity index (χ1) is 7.22. The molecule has 0 bridgehead atoms. The fourth-order valence-corrected chi connectivity index (χ4v) is 1.22. The third-order valence-corrected chi connectivity index (χ3v) is 2.06. The molecule has 0 radical (unpaired) electrons. The number of unbranched alkanes of at least 4 members (excludes halogenated alkanes) is 2. The SMILES string of the molecule is CCCCCC(=O)Nc1ccc(N)cn1. The van der Waals surface area contributed by atoms with Gasteiger partial charge < -0.3 is 11.1 Å². The van der Waals surface area contributed by atoms with E-state index < -0.39 is 0 Å². The van der Waals surface area contributed by atoms with Crippen LogP contribution in [-0.2, 0) is 4.79 Å². The number of nitrogens with one attached hydrogen (secondary N) is 1. The van der Waals surface area contributed by atoms with Crippen molar-refractivity contribution < 1.29 is 4.79 Å². The molecule has 3 N–H and O–H groups in total. The van der Waals surface area contributed by atoms with Gasteiger partial charge in [-0.3, -0.25) is 4.79 Å². The van der Waals surface area contributed by atoms with E-state index in [1.807, 2.05) is 0 Å². The Balaban J connectivity index is 2.34. The summed E-state index contributed by atoms with van der Waals surface area (Å²) in [5, 5.41) is 2.72. The second-order valence-corrected chi connectivity index (χ2v) is 3.48. The number of nitrogens with zero attached hydrogens (tertiary/aromatic N) is 1. The lowest BCUT2D eigenvalue weighted by atomic mass is 10.2. The first-order valence-corrected chi connectivity index (χ1v) is 5.23. The smallest absolute Gasteiger partial charge is 0.225 e. The number of carbonyl (C=O) groups is 1. The molecule has 0 aliphatic carbocycles. The van der Waals surface area contributed by atoms with Crippen LogP contribution in [0, 0.1) is 0 Å². The molecular weight excluding hydrogens is 190 g/mol. The van der Waals surface area contributed by atoms with Crippen LogP contribution in [0.2, 0.25) is 0 Å². The quantitative estimate of drug-likeness (QED) is 0.727. The van der Waals surface area contributed by atoms with E-state index in [0.29, 0.717) is 17.9 Å². The lowest BCUT2D eigenvalue weighted by Crippen LogP contribution is -2.12. The Bertz CT molecular complexity index is 308. The third kappa shape index (κ3) is 4.44. The van der Waals surface area contributed by atoms with Gasteiger partial charge in [0, 0.05) is 6.42 Å². The molecule has 0 saturated carbocycles. The first kappa shape index (κ1) is 11.5. The zero-order valence-corrected chi connectivity index (χ0v) is 8.99. The fraction of sp³-hybridized carbons (Fsp3) is 0.455. The number of rotatable bonds is 5. The molecule has 15 heavy (non-hydrogen) atoms. The number of carbonyl (C=O) groups excluding carboxylic acids is 1. The number of nitrogens with two attached hydrogens (primary N) is 1. The molecule has 4 nitrogen and oxygen atoms in total. The second kappa shape index (κ2) is 6.01. The van der Waals surface area contributed by atoms with Gasteiger partial charge >= 0.3 is 0 Å². The van der Waals surface area contributed by atoms with Crippen LogP contribution >= 0.6 is 0 Å². The van der Waals surface area contributed by atoms with Crippen LogP contribution in [0.25, 0.3) is 0 Å². The zero-order chi connectivity index (χ0) is 11.1. The summed E-state index contributed by atoms with van der Waals surface area (Å²) in [6.45, 7) is 2.11. The summed E-state index contributed by atoms with van der Waals surface area (Å²) in [6.07, 6.45) is 5.22. The molecule has 1 amide bonds. The Morgan fingerprint density at radius 1 is 1.47 bits per heavy atom. The van der Waals surface area contributed by atoms with Crippen molar-refractivity contribution >= 4 is 17.4 Å². The molecule has 1 aromatic rings. The molecule has 1 heterocycles. The molecule has 1 aromatic heterocycles. The normalized spacial score (nSPS) is 9.93. The van der Waals surface area contributed by atoms with Crippen molar-refractivity contribution in [3.8, 4) is 0 Å². The molecule has 0 atom stereocenters. The minimum absolute atomic E-state index is 0.0146. The lowest BCUT2D eigenvalue weighted by Gasteiger charge is -2.03. The Kier molecular flexibility index (Phi) is 4.60. The van der Waals surface area contributed by atoms with Gasteiger partial charge in [-0.15, -0.1) is 0 Å². The number of anilines is 2. The zero-order valence-electron chi connectivity index (χ0n) is 8.99. The number of pyridine rings is 1. The molecule has 4 heteroatoms. The van der Waals surface area contributed by atoms with Gasteiger partial charge in [0.1, 0.15) is 5.82 Å². The molecule has 0 unspecified atom stereocenters. The summed E-state index contributed by atoms with van der Waals surface area (Å²) >= 11 is 0. The predicted molar refractivity (Wildman–Crippen MR) is 61.4 cm³/mol. The standard InChI is InChI=1S/C11H17N3O/c1-2-3-4-5-11(15)14-10-7-6-9(12)8-13-10/h6-8H,2-5,12H2,1H3,(H,13,14,15). The van der Waals surface area contributed by atoms with Crippen LogP contribution in [0.1, 0.15) is 32.6 Å². The van der Waals surface area contributed by atoms with Crippen LogP contribution < -0.4 is 11.1 Å². The highest BCUT2D eigenvalue weighted by molar-refractivity contribution is 5.89. The Morgan fingerprint density at radius 3 is 2.87 bits per heavy atom. The lowest BCUT2D eigenvalue weighted by molar-refractivity contribution is -0.116. The Morgan fingerprint density at radius 2 is 2.27 bits per heavy atom. The Hall–Kier alpha value is -1.58. The maximum atomic E-state index is 11.4. The van der Waals surface area contributed by atoms with Crippen molar-refractivity contribution in [3.63, 3.8) is 0 Å². The first-order valence-electron chi connectivity index (χ1n) is 5.23. The van der Waals surface area contributed by atoms with Crippen LogP contribution in [0.3, 0.4) is 0 Å². The Labute approximate surface area is 89.9 Å². The van der Waals surface area contributed by atoms with E-state index in [2.05, 4.69) is 17.2 Å². The van der Waals surface area contributed by atoms with Gasteiger partial charge in [-0.2, -0.15) is 0 Å². The summed E-state index contributed by atoms with van der Waals surface area (Å²) in [5.41, 5.74) is 6.08. The average molecular weight is 207 g/mol. The highest BCUT2D eigenvalue weighted by Gasteiger charge is 2.01. The van der Waals surface area contributed by atoms with Gasteiger partial charge in [-0.05, 0) is 18.6 Å². The third-order valence-electron chi connectivity index (χ3n) is 2.06. The second-order valence-electron chi connectivity index (χ2n) is 3.48. The number of hydrogen-bond acceptors (Lipinski definition) is 3. The highest BCUT2D eigenvalue weighted by Crippen LogP contribution is 2.07. The molecule has 0 fully saturated rings. The van der Waals surface area contributed by atoms with Crippen molar-refractivity contribution in [3.05, 3.63) is 18.3 Å². The van der Waals surface area contributed by atoms with Crippen molar-refractivity contribution in [2.75, 3.05) is 11.1 Å². The molecular formula is C11H17N3O. The number of hydrogen-bond donors (Lipinski definition) is 2. The molecule has 82 valence electrons. The summed E-state index contributed by atoms with van der Waals surface area (Å²) in [7, 11) is 0. The average Bonchev–Trinajstić information content (AvgIpc) is 2.22. The van der Waals surface area contributed by atoms with Gasteiger partial charge in [-0.1, -0.05) is 19.8 Å². The monoisotopic (exact) mass is 207 g/mol. The van der Waals surface area contributed by atoms with Crippen molar-refractivity contribution in [2.45, 2.75) is 32.6 Å². The van der Waals surface area contributed by atoms with Crippen LogP contribution in [0.4, 0.5) is 11.5 Å². The molecule has 0 aliphatic rings. The fourth-order valence-electron chi connectivity index (χ4n) is 1.22. The predicted octanol–water partition coefficient (Wildman–Crippen LogP) is 2.18. The maximum absolute atomic E-state index is 11.4. The molecule has 0 aromatic carbocycles. The van der Waals surface area contributed by atoms with E-state index in [9.17, 15) is 4.79 Å². The molecule has 0 saturated heterocycles. The number of amides is 1. The van der Waals surface area contributed by atoms with Crippen LogP contribution in [-0.4, -0.2) is 10.9 Å². The van der Waals surface area contributed by atoms with E-state index in [0.717, 1.165) is 19.3 Å². The van der Waals surface area contributed by atoms with E-state index in [4.69, 9.17) is 5.73 Å². The van der Waals surface area contributed by atoms with Crippen molar-refractivity contribution in [1.29, 1.82) is 0 Å². The summed E-state index contributed by atoms with van der Waals surface area (Å²) in [5.74, 6) is 0.575. The van der Waals surface area contributed by atoms with E-state index in [-0.39, 0.29) is 5.91 Å². The minimum atomic E-state index is 0.0146. The molecule has 0 aliphatic heterocycles. The van der Waals surface area contributed by atoms with Gasteiger partial charge in [0.25, 0.3) is 0 Å². The van der Waals surface area contributed by atoms with Gasteiger partial charge in [-0.25, -0.2) is 4.98 Å². The van der Waals surface area contributed by atoms with Crippen molar-refractivity contribution in [2.24, 2.45) is 0 Å². The van der Waals surface area contributed by atoms with E-state index >= 15 is 0 Å². The van der Waals surface area contributed by atoms with Crippen LogP contribution in [0.5, 0.6) is 0 Å².